The number of ether oxygens (including phenoxy) is 1. The molecule has 0 aromatic heterocycles. The van der Waals surface area contributed by atoms with E-state index in [4.69, 9.17) is 4.74 Å². The molecule has 0 saturated carbocycles. The Balaban J connectivity index is 0.000000499. The van der Waals surface area contributed by atoms with E-state index < -0.39 is 12.2 Å². The number of benzene rings is 2. The van der Waals surface area contributed by atoms with Crippen LogP contribution in [-0.2, 0) is 27.3 Å². The van der Waals surface area contributed by atoms with E-state index in [0.717, 1.165) is 24.3 Å². The first-order chi connectivity index (χ1) is 18.8. The summed E-state index contributed by atoms with van der Waals surface area (Å²) >= 11 is 0. The van der Waals surface area contributed by atoms with E-state index in [1.54, 1.807) is 17.0 Å². The first kappa shape index (κ1) is 31.8. The maximum atomic E-state index is 13.2. The summed E-state index contributed by atoms with van der Waals surface area (Å²) in [5.74, 6) is 0.671. The normalized spacial score (nSPS) is 17.1. The van der Waals surface area contributed by atoms with Crippen molar-refractivity contribution in [3.63, 3.8) is 0 Å². The summed E-state index contributed by atoms with van der Waals surface area (Å²) in [5.41, 5.74) is 2.43. The van der Waals surface area contributed by atoms with E-state index in [-0.39, 0.29) is 18.4 Å². The fourth-order valence-corrected chi connectivity index (χ4v) is 4.59. The van der Waals surface area contributed by atoms with Crippen molar-refractivity contribution in [2.24, 2.45) is 5.92 Å². The van der Waals surface area contributed by atoms with Crippen LogP contribution >= 0.6 is 0 Å². The summed E-state index contributed by atoms with van der Waals surface area (Å²) in [6.07, 6.45) is 1.57. The summed E-state index contributed by atoms with van der Waals surface area (Å²) in [6.45, 7) is 10.7. The topological polar surface area (TPSA) is 85.4 Å². The zero-order valence-corrected chi connectivity index (χ0v) is 24.2. The molecule has 0 radical (unpaired) electrons. The fourth-order valence-electron chi connectivity index (χ4n) is 4.59. The van der Waals surface area contributed by atoms with E-state index in [1.807, 2.05) is 77.2 Å². The van der Waals surface area contributed by atoms with E-state index in [0.29, 0.717) is 32.5 Å². The van der Waals surface area contributed by atoms with E-state index in [9.17, 15) is 14.4 Å². The molecule has 0 bridgehead atoms. The molecule has 1 heterocycles. The van der Waals surface area contributed by atoms with Crippen molar-refractivity contribution in [2.45, 2.75) is 52.9 Å². The summed E-state index contributed by atoms with van der Waals surface area (Å²) in [6, 6.07) is 17.6. The van der Waals surface area contributed by atoms with Crippen LogP contribution in [0.15, 0.2) is 54.6 Å². The van der Waals surface area contributed by atoms with Gasteiger partial charge in [-0.1, -0.05) is 63.2 Å². The molecule has 2 atom stereocenters. The van der Waals surface area contributed by atoms with Gasteiger partial charge in [-0.15, -0.1) is 0 Å². The van der Waals surface area contributed by atoms with Gasteiger partial charge in [0.15, 0.2) is 0 Å². The van der Waals surface area contributed by atoms with Crippen LogP contribution in [0.5, 0.6) is 5.75 Å². The Morgan fingerprint density at radius 2 is 1.72 bits per heavy atom. The van der Waals surface area contributed by atoms with Gasteiger partial charge in [0, 0.05) is 26.7 Å². The third kappa shape index (κ3) is 9.07. The summed E-state index contributed by atoms with van der Waals surface area (Å²) in [4.78, 5) is 40.2. The number of carbonyl (C=O) groups is 3. The van der Waals surface area contributed by atoms with Gasteiger partial charge >= 0.3 is 0 Å². The molecule has 1 aliphatic rings. The molecule has 1 unspecified atom stereocenters. The number of nitrogens with one attached hydrogen (secondary N) is 1. The number of nitrogens with zero attached hydrogens (tertiary/aromatic N) is 4. The molecule has 9 heteroatoms. The van der Waals surface area contributed by atoms with E-state index >= 15 is 0 Å². The second-order valence-electron chi connectivity index (χ2n) is 9.81. The molecule has 1 saturated heterocycles. The van der Waals surface area contributed by atoms with Gasteiger partial charge in [0.25, 0.3) is 0 Å². The highest BCUT2D eigenvalue weighted by atomic mass is 16.5. The van der Waals surface area contributed by atoms with Crippen LogP contribution in [0, 0.1) is 5.92 Å². The number of hydrogen-bond donors (Lipinski definition) is 1. The minimum absolute atomic E-state index is 0.0705. The van der Waals surface area contributed by atoms with Crippen LogP contribution in [0.1, 0.15) is 38.8 Å². The zero-order valence-electron chi connectivity index (χ0n) is 24.2. The van der Waals surface area contributed by atoms with Crippen molar-refractivity contribution in [3.8, 4) is 5.75 Å². The molecule has 3 amide bonds. The Labute approximate surface area is 233 Å². The molecular formula is C30H45N5O4. The lowest BCUT2D eigenvalue weighted by Gasteiger charge is -2.50. The molecular weight excluding hydrogens is 494 g/mol. The molecule has 2 aromatic rings. The van der Waals surface area contributed by atoms with Crippen LogP contribution in [0.2, 0.25) is 0 Å². The van der Waals surface area contributed by atoms with Gasteiger partial charge in [0.1, 0.15) is 18.0 Å². The Kier molecular flexibility index (Phi) is 13.5. The van der Waals surface area contributed by atoms with Gasteiger partial charge in [-0.2, -0.15) is 0 Å². The molecule has 1 fully saturated rings. The highest BCUT2D eigenvalue weighted by Gasteiger charge is 2.44. The van der Waals surface area contributed by atoms with Gasteiger partial charge in [0.2, 0.25) is 18.7 Å². The molecule has 3 rings (SSSR count). The molecule has 214 valence electrons. The lowest BCUT2D eigenvalue weighted by atomic mass is 9.97. The predicted octanol–water partition coefficient (Wildman–Crippen LogP) is 3.01. The third-order valence-electron chi connectivity index (χ3n) is 6.76. The quantitative estimate of drug-likeness (QED) is 0.311. The molecule has 39 heavy (non-hydrogen) atoms. The van der Waals surface area contributed by atoms with Gasteiger partial charge in [-0.25, -0.2) is 5.01 Å². The summed E-state index contributed by atoms with van der Waals surface area (Å²) in [5, 5.41) is 6.34. The average Bonchev–Trinajstić information content (AvgIpc) is 2.94. The Morgan fingerprint density at radius 1 is 1.05 bits per heavy atom. The fraction of sp³-hybridized carbons (Fsp3) is 0.500. The lowest BCUT2D eigenvalue weighted by Crippen LogP contribution is -2.69. The van der Waals surface area contributed by atoms with Crippen molar-refractivity contribution in [1.29, 1.82) is 0 Å². The van der Waals surface area contributed by atoms with E-state index in [2.05, 4.69) is 17.4 Å². The molecule has 2 aromatic carbocycles. The molecule has 0 aliphatic carbocycles. The predicted molar refractivity (Wildman–Crippen MR) is 154 cm³/mol. The number of amides is 3. The molecule has 9 nitrogen and oxygen atoms in total. The van der Waals surface area contributed by atoms with Crippen molar-refractivity contribution < 1.29 is 19.1 Å². The summed E-state index contributed by atoms with van der Waals surface area (Å²) in [7, 11) is 3.75. The zero-order chi connectivity index (χ0) is 28.8. The monoisotopic (exact) mass is 539 g/mol. The maximum absolute atomic E-state index is 13.2. The number of piperazine rings is 1. The van der Waals surface area contributed by atoms with Gasteiger partial charge in [-0.05, 0) is 49.6 Å². The van der Waals surface area contributed by atoms with Gasteiger partial charge in [0.05, 0.1) is 13.2 Å². The molecule has 1 N–H and O–H groups in total. The van der Waals surface area contributed by atoms with Crippen molar-refractivity contribution in [1.82, 2.24) is 25.1 Å². The number of hydrogen-bond acceptors (Lipinski definition) is 6. The minimum Gasteiger partial charge on any atom is -0.494 e. The molecule has 0 spiro atoms. The molecule has 1 aliphatic heterocycles. The lowest BCUT2D eigenvalue weighted by molar-refractivity contribution is -0.177. The standard InChI is InChI=1S/C22H34N4O4.C8H11N/c1-6-23(5)26(16-28)20-14-24(22(29)21(17(3)4)25(20)15-27)13-12-18-8-10-19(11-9-18)30-7-2;1-9-7-8-5-3-2-4-6-8/h8-11,15-17,20-21H,6-7,12-14H2,1-5H3;2-6,9H,7H2,1H3/t20?,21-;/m0./s1. The largest absolute Gasteiger partial charge is 0.494 e. The first-order valence-corrected chi connectivity index (χ1v) is 13.7. The maximum Gasteiger partial charge on any atom is 0.245 e. The second kappa shape index (κ2) is 16.5. The van der Waals surface area contributed by atoms with Crippen LogP contribution in [0.4, 0.5) is 0 Å². The number of hydrazine groups is 1. The van der Waals surface area contributed by atoms with Gasteiger partial charge in [-0.3, -0.25) is 19.4 Å². The Bertz CT molecular complexity index is 1000. The van der Waals surface area contributed by atoms with Crippen LogP contribution in [-0.4, -0.2) is 91.1 Å². The van der Waals surface area contributed by atoms with Crippen molar-refractivity contribution >= 4 is 18.7 Å². The highest BCUT2D eigenvalue weighted by molar-refractivity contribution is 5.85. The van der Waals surface area contributed by atoms with E-state index in [1.165, 1.54) is 15.5 Å². The first-order valence-electron chi connectivity index (χ1n) is 13.7. The Morgan fingerprint density at radius 3 is 2.23 bits per heavy atom. The van der Waals surface area contributed by atoms with Gasteiger partial charge < -0.3 is 19.9 Å². The number of rotatable bonds is 13. The Hall–Kier alpha value is -3.43. The second-order valence-corrected chi connectivity index (χ2v) is 9.81. The minimum atomic E-state index is -0.603. The third-order valence-corrected chi connectivity index (χ3v) is 6.76. The smallest absolute Gasteiger partial charge is 0.245 e. The van der Waals surface area contributed by atoms with Crippen molar-refractivity contribution in [2.75, 3.05) is 40.3 Å². The van der Waals surface area contributed by atoms with Crippen LogP contribution < -0.4 is 10.1 Å². The van der Waals surface area contributed by atoms with Crippen LogP contribution in [0.3, 0.4) is 0 Å². The SMILES string of the molecule is CCOc1ccc(CCN2CC(N(C=O)N(C)CC)N(C=O)[C@@H](C(C)C)C2=O)cc1.CNCc1ccccc1. The van der Waals surface area contributed by atoms with Crippen molar-refractivity contribution in [3.05, 3.63) is 65.7 Å². The summed E-state index contributed by atoms with van der Waals surface area (Å²) < 4.78 is 5.48. The van der Waals surface area contributed by atoms with Crippen LogP contribution in [0.25, 0.3) is 0 Å². The number of carbonyl (C=O) groups excluding carboxylic acids is 3. The average molecular weight is 540 g/mol. The highest BCUT2D eigenvalue weighted by Crippen LogP contribution is 2.24.